The summed E-state index contributed by atoms with van der Waals surface area (Å²) >= 11 is 7.68. The fraction of sp³-hybridized carbons (Fsp3) is 0.600. The molecule has 0 saturated carbocycles. The summed E-state index contributed by atoms with van der Waals surface area (Å²) in [4.78, 5) is 11.2. The Morgan fingerprint density at radius 3 is 2.70 bits per heavy atom. The lowest BCUT2D eigenvalue weighted by atomic mass is 9.85. The molecule has 1 unspecified atom stereocenters. The fourth-order valence-electron chi connectivity index (χ4n) is 2.19. The molecule has 0 saturated heterocycles. The largest absolute Gasteiger partial charge is 0.366 e. The van der Waals surface area contributed by atoms with E-state index in [4.69, 9.17) is 11.6 Å². The number of halogens is 1. The average Bonchev–Trinajstić information content (AvgIpc) is 2.81. The highest BCUT2D eigenvalue weighted by Gasteiger charge is 2.25. The Balaban J connectivity index is 2.34. The van der Waals surface area contributed by atoms with E-state index in [2.05, 4.69) is 49.0 Å². The zero-order valence-electron chi connectivity index (χ0n) is 12.5. The Morgan fingerprint density at radius 1 is 1.35 bits per heavy atom. The first-order chi connectivity index (χ1) is 9.45. The molecule has 2 rings (SSSR count). The van der Waals surface area contributed by atoms with Crippen LogP contribution < -0.4 is 5.32 Å². The predicted molar refractivity (Wildman–Crippen MR) is 89.0 cm³/mol. The Bertz CT molecular complexity index is 574. The number of thiophene rings is 1. The van der Waals surface area contributed by atoms with E-state index in [1.807, 2.05) is 0 Å². The zero-order chi connectivity index (χ0) is 14.8. The highest BCUT2D eigenvalue weighted by molar-refractivity contribution is 7.18. The lowest BCUT2D eigenvalue weighted by Gasteiger charge is -2.31. The van der Waals surface area contributed by atoms with Gasteiger partial charge in [0.15, 0.2) is 0 Å². The van der Waals surface area contributed by atoms with Crippen LogP contribution in [0.4, 0.5) is 5.82 Å². The number of fused-ring (bicyclic) bond motifs is 1. The molecule has 0 spiro atoms. The van der Waals surface area contributed by atoms with Gasteiger partial charge in [0.1, 0.15) is 17.0 Å². The van der Waals surface area contributed by atoms with Gasteiger partial charge in [0, 0.05) is 16.8 Å². The van der Waals surface area contributed by atoms with E-state index in [1.165, 1.54) is 4.88 Å². The number of rotatable bonds is 5. The van der Waals surface area contributed by atoms with Crippen LogP contribution >= 0.6 is 22.9 Å². The Hall–Kier alpha value is -0.870. The second-order valence-corrected chi connectivity index (χ2v) is 7.54. The summed E-state index contributed by atoms with van der Waals surface area (Å²) in [5.41, 5.74) is 0.135. The van der Waals surface area contributed by atoms with Gasteiger partial charge in [0.2, 0.25) is 0 Å². The minimum Gasteiger partial charge on any atom is -0.366 e. The van der Waals surface area contributed by atoms with Crippen molar-refractivity contribution >= 4 is 39.0 Å². The Labute approximate surface area is 129 Å². The SMILES string of the molecule is CCc1cc2c(NC(CCCl)C(C)(C)C)ncnc2s1. The third-order valence-electron chi connectivity index (χ3n) is 3.48. The predicted octanol–water partition coefficient (Wildman–Crippen LogP) is 4.71. The number of aryl methyl sites for hydroxylation is 1. The number of nitrogens with one attached hydrogen (secondary N) is 1. The maximum absolute atomic E-state index is 5.94. The van der Waals surface area contributed by atoms with E-state index < -0.39 is 0 Å². The van der Waals surface area contributed by atoms with Crippen molar-refractivity contribution in [3.63, 3.8) is 0 Å². The van der Waals surface area contributed by atoms with E-state index in [1.54, 1.807) is 17.7 Å². The minimum absolute atomic E-state index is 0.135. The topological polar surface area (TPSA) is 37.8 Å². The molecule has 3 nitrogen and oxygen atoms in total. The van der Waals surface area contributed by atoms with E-state index in [9.17, 15) is 0 Å². The summed E-state index contributed by atoms with van der Waals surface area (Å²) in [5.74, 6) is 1.57. The number of alkyl halides is 1. The molecule has 20 heavy (non-hydrogen) atoms. The molecule has 1 N–H and O–H groups in total. The van der Waals surface area contributed by atoms with Crippen LogP contribution in [0, 0.1) is 5.41 Å². The molecule has 0 aliphatic heterocycles. The maximum Gasteiger partial charge on any atom is 0.138 e. The molecular weight excluding hydrogens is 290 g/mol. The molecule has 2 heterocycles. The molecule has 0 aliphatic rings. The van der Waals surface area contributed by atoms with Crippen LogP contribution in [0.2, 0.25) is 0 Å². The highest BCUT2D eigenvalue weighted by atomic mass is 35.5. The number of nitrogens with zero attached hydrogens (tertiary/aromatic N) is 2. The minimum atomic E-state index is 0.135. The van der Waals surface area contributed by atoms with Crippen molar-refractivity contribution in [2.45, 2.75) is 46.6 Å². The monoisotopic (exact) mass is 311 g/mol. The van der Waals surface area contributed by atoms with E-state index in [-0.39, 0.29) is 5.41 Å². The van der Waals surface area contributed by atoms with Gasteiger partial charge in [-0.15, -0.1) is 22.9 Å². The van der Waals surface area contributed by atoms with Crippen LogP contribution in [0.15, 0.2) is 12.4 Å². The molecule has 5 heteroatoms. The van der Waals surface area contributed by atoms with Crippen LogP contribution in [0.3, 0.4) is 0 Å². The van der Waals surface area contributed by atoms with Crippen molar-refractivity contribution < 1.29 is 0 Å². The van der Waals surface area contributed by atoms with Crippen LogP contribution in [0.25, 0.3) is 10.2 Å². The van der Waals surface area contributed by atoms with Gasteiger partial charge in [-0.25, -0.2) is 9.97 Å². The first-order valence-corrected chi connectivity index (χ1v) is 8.36. The van der Waals surface area contributed by atoms with Gasteiger partial charge in [0.25, 0.3) is 0 Å². The Morgan fingerprint density at radius 2 is 2.10 bits per heavy atom. The molecule has 110 valence electrons. The van der Waals surface area contributed by atoms with Gasteiger partial charge < -0.3 is 5.32 Å². The van der Waals surface area contributed by atoms with E-state index in [0.717, 1.165) is 28.9 Å². The molecule has 0 aromatic carbocycles. The lowest BCUT2D eigenvalue weighted by molar-refractivity contribution is 0.334. The second kappa shape index (κ2) is 6.27. The average molecular weight is 312 g/mol. The van der Waals surface area contributed by atoms with Crippen LogP contribution in [-0.4, -0.2) is 21.9 Å². The molecule has 0 radical (unpaired) electrons. The van der Waals surface area contributed by atoms with Gasteiger partial charge in [-0.1, -0.05) is 27.7 Å². The van der Waals surface area contributed by atoms with Crippen molar-refractivity contribution in [3.8, 4) is 0 Å². The van der Waals surface area contributed by atoms with Gasteiger partial charge in [-0.2, -0.15) is 0 Å². The summed E-state index contributed by atoms with van der Waals surface area (Å²) in [6, 6.07) is 2.49. The maximum atomic E-state index is 5.94. The van der Waals surface area contributed by atoms with Crippen molar-refractivity contribution in [3.05, 3.63) is 17.3 Å². The van der Waals surface area contributed by atoms with Gasteiger partial charge in [-0.3, -0.25) is 0 Å². The number of hydrogen-bond donors (Lipinski definition) is 1. The summed E-state index contributed by atoms with van der Waals surface area (Å²) < 4.78 is 0. The smallest absolute Gasteiger partial charge is 0.138 e. The molecule has 2 aromatic rings. The van der Waals surface area contributed by atoms with Gasteiger partial charge >= 0.3 is 0 Å². The molecule has 0 amide bonds. The summed E-state index contributed by atoms with van der Waals surface area (Å²) in [7, 11) is 0. The van der Waals surface area contributed by atoms with Gasteiger partial charge in [-0.05, 0) is 24.3 Å². The third-order valence-corrected chi connectivity index (χ3v) is 4.89. The van der Waals surface area contributed by atoms with Crippen molar-refractivity contribution in [2.24, 2.45) is 5.41 Å². The van der Waals surface area contributed by atoms with Crippen molar-refractivity contribution in [1.29, 1.82) is 0 Å². The second-order valence-electron chi connectivity index (χ2n) is 6.05. The molecule has 1 atom stereocenters. The quantitative estimate of drug-likeness (QED) is 0.813. The summed E-state index contributed by atoms with van der Waals surface area (Å²) in [5, 5.41) is 4.69. The first-order valence-electron chi connectivity index (χ1n) is 7.01. The zero-order valence-corrected chi connectivity index (χ0v) is 14.1. The highest BCUT2D eigenvalue weighted by Crippen LogP contribution is 2.31. The normalized spacial score (nSPS) is 13.7. The molecule has 0 bridgehead atoms. The molecular formula is C15H22ClN3S. The standard InChI is InChI=1S/C15H22ClN3S/c1-5-10-8-11-13(17-9-18-14(11)20-10)19-12(6-7-16)15(2,3)4/h8-9,12H,5-7H2,1-4H3,(H,17,18,19). The van der Waals surface area contributed by atoms with E-state index in [0.29, 0.717) is 11.9 Å². The molecule has 0 fully saturated rings. The van der Waals surface area contributed by atoms with Crippen LogP contribution in [-0.2, 0) is 6.42 Å². The number of anilines is 1. The van der Waals surface area contributed by atoms with Crippen molar-refractivity contribution in [2.75, 3.05) is 11.2 Å². The summed E-state index contributed by atoms with van der Waals surface area (Å²) in [6.07, 6.45) is 3.59. The molecule has 2 aromatic heterocycles. The third kappa shape index (κ3) is 3.41. The summed E-state index contributed by atoms with van der Waals surface area (Å²) in [6.45, 7) is 8.83. The van der Waals surface area contributed by atoms with E-state index >= 15 is 0 Å². The fourth-order valence-corrected chi connectivity index (χ4v) is 3.34. The number of hydrogen-bond acceptors (Lipinski definition) is 4. The number of aromatic nitrogens is 2. The van der Waals surface area contributed by atoms with Crippen molar-refractivity contribution in [1.82, 2.24) is 9.97 Å². The molecule has 0 aliphatic carbocycles. The van der Waals surface area contributed by atoms with Crippen LogP contribution in [0.1, 0.15) is 39.0 Å². The lowest BCUT2D eigenvalue weighted by Crippen LogP contribution is -2.34. The van der Waals surface area contributed by atoms with Gasteiger partial charge in [0.05, 0.1) is 5.39 Å². The Kier molecular flexibility index (Phi) is 4.86. The first kappa shape index (κ1) is 15.5. The van der Waals surface area contributed by atoms with Crippen LogP contribution in [0.5, 0.6) is 0 Å².